The van der Waals surface area contributed by atoms with Crippen molar-refractivity contribution in [3.05, 3.63) is 0 Å². The third-order valence-electron chi connectivity index (χ3n) is 5.35. The lowest BCUT2D eigenvalue weighted by atomic mass is 9.97. The number of ether oxygens (including phenoxy) is 1. The molecule has 4 nitrogen and oxygen atoms in total. The van der Waals surface area contributed by atoms with E-state index in [1.165, 1.54) is 19.3 Å². The van der Waals surface area contributed by atoms with Crippen molar-refractivity contribution in [1.29, 1.82) is 0 Å². The van der Waals surface area contributed by atoms with Crippen LogP contribution in [0.15, 0.2) is 0 Å². The summed E-state index contributed by atoms with van der Waals surface area (Å²) in [7, 11) is 0. The summed E-state index contributed by atoms with van der Waals surface area (Å²) in [4.78, 5) is 15.2. The first kappa shape index (κ1) is 15.3. The van der Waals surface area contributed by atoms with Crippen LogP contribution in [-0.4, -0.2) is 42.3 Å². The van der Waals surface area contributed by atoms with Gasteiger partial charge < -0.3 is 9.64 Å². The molecule has 1 saturated carbocycles. The Morgan fingerprint density at radius 3 is 2.71 bits per heavy atom. The summed E-state index contributed by atoms with van der Waals surface area (Å²) in [6.45, 7) is 7.08. The average Bonchev–Trinajstić information content (AvgIpc) is 3.02. The van der Waals surface area contributed by atoms with Gasteiger partial charge in [0.25, 0.3) is 0 Å². The van der Waals surface area contributed by atoms with Crippen LogP contribution in [0.25, 0.3) is 0 Å². The van der Waals surface area contributed by atoms with E-state index in [1.54, 1.807) is 0 Å². The summed E-state index contributed by atoms with van der Waals surface area (Å²) >= 11 is 0. The lowest BCUT2D eigenvalue weighted by molar-refractivity contribution is -0.134. The van der Waals surface area contributed by atoms with Crippen LogP contribution >= 0.6 is 0 Å². The molecule has 21 heavy (non-hydrogen) atoms. The number of nitrogens with one attached hydrogen (secondary N) is 1. The molecule has 0 aromatic rings. The van der Waals surface area contributed by atoms with Gasteiger partial charge in [-0.05, 0) is 38.0 Å². The Labute approximate surface area is 128 Å². The molecule has 2 heterocycles. The summed E-state index contributed by atoms with van der Waals surface area (Å²) < 4.78 is 5.60. The average molecular weight is 294 g/mol. The minimum absolute atomic E-state index is 0.227. The molecule has 0 radical (unpaired) electrons. The van der Waals surface area contributed by atoms with Gasteiger partial charge in [-0.1, -0.05) is 26.7 Å². The number of hydrogen-bond acceptors (Lipinski definition) is 3. The monoisotopic (exact) mass is 294 g/mol. The highest BCUT2D eigenvalue weighted by molar-refractivity contribution is 5.89. The standard InChI is InChI=1S/C17H30N2O2/c1-13(2)10-15-18-17(7-3-4-8-17)16(20)19(15)11-14-6-5-9-21-12-14/h13-15,18H,3-12H2,1-2H3. The zero-order valence-corrected chi connectivity index (χ0v) is 13.6. The fourth-order valence-corrected chi connectivity index (χ4v) is 4.28. The second kappa shape index (κ2) is 6.25. The van der Waals surface area contributed by atoms with Crippen molar-refractivity contribution in [1.82, 2.24) is 10.2 Å². The van der Waals surface area contributed by atoms with Gasteiger partial charge in [-0.15, -0.1) is 0 Å². The molecule has 1 N–H and O–H groups in total. The van der Waals surface area contributed by atoms with Gasteiger partial charge in [0.05, 0.1) is 18.3 Å². The summed E-state index contributed by atoms with van der Waals surface area (Å²) in [5.41, 5.74) is -0.227. The van der Waals surface area contributed by atoms with Gasteiger partial charge in [0.15, 0.2) is 0 Å². The number of amides is 1. The number of nitrogens with zero attached hydrogens (tertiary/aromatic N) is 1. The lowest BCUT2D eigenvalue weighted by Crippen LogP contribution is -2.45. The number of carbonyl (C=O) groups is 1. The summed E-state index contributed by atoms with van der Waals surface area (Å²) in [5, 5.41) is 3.72. The highest BCUT2D eigenvalue weighted by Crippen LogP contribution is 2.38. The molecular formula is C17H30N2O2. The third-order valence-corrected chi connectivity index (χ3v) is 5.35. The van der Waals surface area contributed by atoms with Crippen molar-refractivity contribution < 1.29 is 9.53 Å². The van der Waals surface area contributed by atoms with E-state index >= 15 is 0 Å². The van der Waals surface area contributed by atoms with E-state index in [0.29, 0.717) is 17.7 Å². The van der Waals surface area contributed by atoms with Crippen LogP contribution in [0.3, 0.4) is 0 Å². The van der Waals surface area contributed by atoms with Gasteiger partial charge >= 0.3 is 0 Å². The molecule has 2 atom stereocenters. The van der Waals surface area contributed by atoms with Crippen LogP contribution in [0.2, 0.25) is 0 Å². The van der Waals surface area contributed by atoms with Gasteiger partial charge in [-0.25, -0.2) is 0 Å². The van der Waals surface area contributed by atoms with E-state index < -0.39 is 0 Å². The molecule has 2 unspecified atom stereocenters. The maximum Gasteiger partial charge on any atom is 0.244 e. The Bertz CT molecular complexity index is 371. The number of rotatable bonds is 4. The van der Waals surface area contributed by atoms with Crippen LogP contribution in [-0.2, 0) is 9.53 Å². The first-order chi connectivity index (χ1) is 10.1. The molecule has 2 saturated heterocycles. The maximum atomic E-state index is 13.0. The molecule has 0 aromatic heterocycles. The van der Waals surface area contributed by atoms with E-state index in [2.05, 4.69) is 24.1 Å². The zero-order valence-electron chi connectivity index (χ0n) is 13.6. The third kappa shape index (κ3) is 3.11. The molecule has 2 aliphatic heterocycles. The largest absolute Gasteiger partial charge is 0.381 e. The van der Waals surface area contributed by atoms with Gasteiger partial charge in [0.1, 0.15) is 0 Å². The van der Waals surface area contributed by atoms with Crippen molar-refractivity contribution in [3.63, 3.8) is 0 Å². The van der Waals surface area contributed by atoms with E-state index in [9.17, 15) is 4.79 Å². The van der Waals surface area contributed by atoms with Crippen molar-refractivity contribution in [2.75, 3.05) is 19.8 Å². The van der Waals surface area contributed by atoms with E-state index in [0.717, 1.165) is 45.4 Å². The quantitative estimate of drug-likeness (QED) is 0.866. The maximum absolute atomic E-state index is 13.0. The lowest BCUT2D eigenvalue weighted by Gasteiger charge is -2.31. The van der Waals surface area contributed by atoms with E-state index in [4.69, 9.17) is 4.74 Å². The van der Waals surface area contributed by atoms with Crippen LogP contribution in [0, 0.1) is 11.8 Å². The summed E-state index contributed by atoms with van der Waals surface area (Å²) in [6.07, 6.45) is 8.06. The minimum atomic E-state index is -0.227. The first-order valence-corrected chi connectivity index (χ1v) is 8.77. The number of hydrogen-bond donors (Lipinski definition) is 1. The van der Waals surface area contributed by atoms with E-state index in [1.807, 2.05) is 0 Å². The Hall–Kier alpha value is -0.610. The van der Waals surface area contributed by atoms with Crippen LogP contribution in [0.1, 0.15) is 58.8 Å². The molecule has 0 bridgehead atoms. The summed E-state index contributed by atoms with van der Waals surface area (Å²) in [5.74, 6) is 1.50. The number of carbonyl (C=O) groups excluding carboxylic acids is 1. The molecule has 1 amide bonds. The predicted octanol–water partition coefficient (Wildman–Crippen LogP) is 2.53. The molecule has 0 aromatic carbocycles. The van der Waals surface area contributed by atoms with Crippen molar-refractivity contribution in [2.24, 2.45) is 11.8 Å². The smallest absolute Gasteiger partial charge is 0.244 e. The van der Waals surface area contributed by atoms with Crippen LogP contribution in [0.5, 0.6) is 0 Å². The van der Waals surface area contributed by atoms with E-state index in [-0.39, 0.29) is 11.7 Å². The van der Waals surface area contributed by atoms with Gasteiger partial charge in [0, 0.05) is 19.1 Å². The SMILES string of the molecule is CC(C)CC1NC2(CCCC2)C(=O)N1CC1CCCOC1. The molecule has 1 spiro atoms. The molecule has 3 rings (SSSR count). The second-order valence-corrected chi connectivity index (χ2v) is 7.62. The Morgan fingerprint density at radius 1 is 1.33 bits per heavy atom. The molecule has 3 aliphatic rings. The highest BCUT2D eigenvalue weighted by atomic mass is 16.5. The highest BCUT2D eigenvalue weighted by Gasteiger charge is 2.52. The molecule has 3 fully saturated rings. The van der Waals surface area contributed by atoms with Gasteiger partial charge in [0.2, 0.25) is 5.91 Å². The fourth-order valence-electron chi connectivity index (χ4n) is 4.28. The van der Waals surface area contributed by atoms with Gasteiger partial charge in [-0.2, -0.15) is 0 Å². The molecule has 120 valence electrons. The Morgan fingerprint density at radius 2 is 2.10 bits per heavy atom. The summed E-state index contributed by atoms with van der Waals surface area (Å²) in [6, 6.07) is 0. The first-order valence-electron chi connectivity index (χ1n) is 8.77. The topological polar surface area (TPSA) is 41.6 Å². The van der Waals surface area contributed by atoms with Crippen LogP contribution < -0.4 is 5.32 Å². The van der Waals surface area contributed by atoms with Crippen molar-refractivity contribution in [2.45, 2.75) is 70.5 Å². The minimum Gasteiger partial charge on any atom is -0.381 e. The van der Waals surface area contributed by atoms with Crippen molar-refractivity contribution in [3.8, 4) is 0 Å². The Balaban J connectivity index is 1.71. The zero-order chi connectivity index (χ0) is 14.9. The normalized spacial score (nSPS) is 32.5. The Kier molecular flexibility index (Phi) is 4.55. The fraction of sp³-hybridized carbons (Fsp3) is 0.941. The van der Waals surface area contributed by atoms with Crippen LogP contribution in [0.4, 0.5) is 0 Å². The van der Waals surface area contributed by atoms with Gasteiger partial charge in [-0.3, -0.25) is 10.1 Å². The molecule has 4 heteroatoms. The van der Waals surface area contributed by atoms with Crippen molar-refractivity contribution >= 4 is 5.91 Å². The predicted molar refractivity (Wildman–Crippen MR) is 82.8 cm³/mol. The molecule has 1 aliphatic carbocycles. The second-order valence-electron chi connectivity index (χ2n) is 7.62. The molecular weight excluding hydrogens is 264 g/mol.